The molecule has 0 radical (unpaired) electrons. The van der Waals surface area contributed by atoms with Gasteiger partial charge in [0.15, 0.2) is 0 Å². The maximum Gasteiger partial charge on any atom is 0.236 e. The van der Waals surface area contributed by atoms with E-state index in [-0.39, 0.29) is 5.91 Å². The van der Waals surface area contributed by atoms with Crippen LogP contribution in [0, 0.1) is 5.92 Å². The molecule has 1 aliphatic heterocycles. The van der Waals surface area contributed by atoms with Crippen molar-refractivity contribution in [2.45, 2.75) is 26.3 Å². The number of nitrogens with zero attached hydrogens (tertiary/aromatic N) is 2. The zero-order valence-electron chi connectivity index (χ0n) is 13.2. The summed E-state index contributed by atoms with van der Waals surface area (Å²) in [6, 6.07) is 4.12. The van der Waals surface area contributed by atoms with Gasteiger partial charge in [-0.2, -0.15) is 0 Å². The van der Waals surface area contributed by atoms with Gasteiger partial charge in [-0.3, -0.25) is 9.69 Å². The predicted molar refractivity (Wildman–Crippen MR) is 88.5 cm³/mol. The fraction of sp³-hybridized carbons (Fsp3) is 0.688. The number of likely N-dealkylation sites (tertiary alicyclic amines) is 1. The highest BCUT2D eigenvalue weighted by Gasteiger charge is 2.21. The normalized spacial score (nSPS) is 17.0. The number of rotatable bonds is 7. The van der Waals surface area contributed by atoms with E-state index in [9.17, 15) is 4.79 Å². The fourth-order valence-corrected chi connectivity index (χ4v) is 3.49. The van der Waals surface area contributed by atoms with E-state index in [1.807, 2.05) is 18.0 Å². The first-order valence-corrected chi connectivity index (χ1v) is 8.76. The van der Waals surface area contributed by atoms with Crippen molar-refractivity contribution >= 4 is 17.2 Å². The van der Waals surface area contributed by atoms with E-state index in [1.54, 1.807) is 11.3 Å². The summed E-state index contributed by atoms with van der Waals surface area (Å²) in [6.07, 6.45) is 2.41. The zero-order valence-corrected chi connectivity index (χ0v) is 14.0. The SMILES string of the molecule is CCNCC1CCN(CC(=O)N(C)Cc2cccs2)CC1. The Hall–Kier alpha value is -0.910. The molecule has 0 unspecified atom stereocenters. The molecular weight excluding hydrogens is 282 g/mol. The molecule has 0 spiro atoms. The predicted octanol–water partition coefficient (Wildman–Crippen LogP) is 2.03. The summed E-state index contributed by atoms with van der Waals surface area (Å²) in [6.45, 7) is 7.71. The zero-order chi connectivity index (χ0) is 15.1. The molecule has 1 aliphatic rings. The third-order valence-electron chi connectivity index (χ3n) is 4.15. The summed E-state index contributed by atoms with van der Waals surface area (Å²) < 4.78 is 0. The first-order chi connectivity index (χ1) is 10.2. The number of hydrogen-bond donors (Lipinski definition) is 1. The molecule has 0 atom stereocenters. The Balaban J connectivity index is 1.69. The summed E-state index contributed by atoms with van der Waals surface area (Å²) in [4.78, 5) is 17.7. The molecule has 0 aromatic carbocycles. The van der Waals surface area contributed by atoms with Crippen molar-refractivity contribution in [3.8, 4) is 0 Å². The van der Waals surface area contributed by atoms with Crippen LogP contribution in [0.5, 0.6) is 0 Å². The van der Waals surface area contributed by atoms with Crippen LogP contribution in [0.15, 0.2) is 17.5 Å². The minimum absolute atomic E-state index is 0.230. The van der Waals surface area contributed by atoms with Gasteiger partial charge in [0.1, 0.15) is 0 Å². The highest BCUT2D eigenvalue weighted by molar-refractivity contribution is 7.09. The number of carbonyl (C=O) groups excluding carboxylic acids is 1. The molecule has 1 saturated heterocycles. The van der Waals surface area contributed by atoms with Gasteiger partial charge < -0.3 is 10.2 Å². The molecule has 21 heavy (non-hydrogen) atoms. The van der Waals surface area contributed by atoms with Gasteiger partial charge in [0, 0.05) is 11.9 Å². The van der Waals surface area contributed by atoms with Gasteiger partial charge in [-0.1, -0.05) is 13.0 Å². The highest BCUT2D eigenvalue weighted by Crippen LogP contribution is 2.17. The molecule has 5 heteroatoms. The quantitative estimate of drug-likeness (QED) is 0.837. The minimum Gasteiger partial charge on any atom is -0.340 e. The van der Waals surface area contributed by atoms with Crippen LogP contribution in [0.2, 0.25) is 0 Å². The van der Waals surface area contributed by atoms with Crippen molar-refractivity contribution in [3.05, 3.63) is 22.4 Å². The van der Waals surface area contributed by atoms with E-state index in [2.05, 4.69) is 28.6 Å². The number of amides is 1. The Morgan fingerprint density at radius 2 is 2.24 bits per heavy atom. The third-order valence-corrected chi connectivity index (χ3v) is 5.01. The Bertz CT molecular complexity index is 413. The van der Waals surface area contributed by atoms with Crippen molar-refractivity contribution in [3.63, 3.8) is 0 Å². The first-order valence-electron chi connectivity index (χ1n) is 7.88. The highest BCUT2D eigenvalue weighted by atomic mass is 32.1. The van der Waals surface area contributed by atoms with Crippen molar-refractivity contribution < 1.29 is 4.79 Å². The van der Waals surface area contributed by atoms with Crippen LogP contribution in [0.3, 0.4) is 0 Å². The molecule has 2 rings (SSSR count). The molecule has 0 saturated carbocycles. The molecule has 1 aromatic rings. The number of likely N-dealkylation sites (N-methyl/N-ethyl adjacent to an activating group) is 1. The van der Waals surface area contributed by atoms with Gasteiger partial charge >= 0.3 is 0 Å². The lowest BCUT2D eigenvalue weighted by Gasteiger charge is -2.32. The van der Waals surface area contributed by atoms with Gasteiger partial charge in [0.25, 0.3) is 0 Å². The number of carbonyl (C=O) groups is 1. The topological polar surface area (TPSA) is 35.6 Å². The summed E-state index contributed by atoms with van der Waals surface area (Å²) in [5, 5.41) is 5.48. The van der Waals surface area contributed by atoms with Gasteiger partial charge in [-0.15, -0.1) is 11.3 Å². The Kier molecular flexibility index (Phi) is 6.67. The van der Waals surface area contributed by atoms with Crippen LogP contribution >= 0.6 is 11.3 Å². The fourth-order valence-electron chi connectivity index (χ4n) is 2.73. The standard InChI is InChI=1S/C16H27N3OS/c1-3-17-11-14-6-8-19(9-7-14)13-16(20)18(2)12-15-5-4-10-21-15/h4-5,10,14,17H,3,6-9,11-13H2,1-2H3. The smallest absolute Gasteiger partial charge is 0.236 e. The van der Waals surface area contributed by atoms with E-state index >= 15 is 0 Å². The maximum absolute atomic E-state index is 12.3. The minimum atomic E-state index is 0.230. The molecule has 0 bridgehead atoms. The van der Waals surface area contributed by atoms with Gasteiger partial charge in [-0.05, 0) is 56.4 Å². The average Bonchev–Trinajstić information content (AvgIpc) is 2.99. The Labute approximate surface area is 132 Å². The van der Waals surface area contributed by atoms with Crippen molar-refractivity contribution in [2.75, 3.05) is 39.8 Å². The van der Waals surface area contributed by atoms with Crippen LogP contribution < -0.4 is 5.32 Å². The Morgan fingerprint density at radius 1 is 1.48 bits per heavy atom. The summed E-state index contributed by atoms with van der Waals surface area (Å²) in [5.41, 5.74) is 0. The van der Waals surface area contributed by atoms with Crippen LogP contribution in [0.4, 0.5) is 0 Å². The van der Waals surface area contributed by atoms with Crippen molar-refractivity contribution in [1.82, 2.24) is 15.1 Å². The van der Waals surface area contributed by atoms with E-state index in [4.69, 9.17) is 0 Å². The number of piperidine rings is 1. The molecule has 1 amide bonds. The van der Waals surface area contributed by atoms with Crippen molar-refractivity contribution in [2.24, 2.45) is 5.92 Å². The molecule has 0 aliphatic carbocycles. The first kappa shape index (κ1) is 16.5. The molecule has 1 fully saturated rings. The van der Waals surface area contributed by atoms with E-state index in [1.165, 1.54) is 17.7 Å². The van der Waals surface area contributed by atoms with Crippen LogP contribution in [-0.4, -0.2) is 55.5 Å². The van der Waals surface area contributed by atoms with Gasteiger partial charge in [0.2, 0.25) is 5.91 Å². The second-order valence-corrected chi connectivity index (χ2v) is 6.89. The Morgan fingerprint density at radius 3 is 2.86 bits per heavy atom. The number of nitrogens with one attached hydrogen (secondary N) is 1. The van der Waals surface area contributed by atoms with E-state index in [0.717, 1.165) is 38.6 Å². The second-order valence-electron chi connectivity index (χ2n) is 5.86. The monoisotopic (exact) mass is 309 g/mol. The van der Waals surface area contributed by atoms with Crippen LogP contribution in [0.1, 0.15) is 24.6 Å². The number of hydrogen-bond acceptors (Lipinski definition) is 4. The van der Waals surface area contributed by atoms with Gasteiger partial charge in [-0.25, -0.2) is 0 Å². The van der Waals surface area contributed by atoms with E-state index < -0.39 is 0 Å². The number of thiophene rings is 1. The third kappa shape index (κ3) is 5.41. The average molecular weight is 309 g/mol. The molecule has 1 N–H and O–H groups in total. The van der Waals surface area contributed by atoms with E-state index in [0.29, 0.717) is 6.54 Å². The van der Waals surface area contributed by atoms with Crippen LogP contribution in [0.25, 0.3) is 0 Å². The maximum atomic E-state index is 12.3. The lowest BCUT2D eigenvalue weighted by molar-refractivity contribution is -0.132. The van der Waals surface area contributed by atoms with Gasteiger partial charge in [0.05, 0.1) is 13.1 Å². The molecule has 4 nitrogen and oxygen atoms in total. The summed E-state index contributed by atoms with van der Waals surface area (Å²) in [5.74, 6) is 1.01. The summed E-state index contributed by atoms with van der Waals surface area (Å²) in [7, 11) is 1.90. The lowest BCUT2D eigenvalue weighted by atomic mass is 9.97. The molecule has 1 aromatic heterocycles. The molecule has 2 heterocycles. The van der Waals surface area contributed by atoms with Crippen LogP contribution in [-0.2, 0) is 11.3 Å². The molecular formula is C16H27N3OS. The largest absolute Gasteiger partial charge is 0.340 e. The lowest BCUT2D eigenvalue weighted by Crippen LogP contribution is -2.43. The van der Waals surface area contributed by atoms with Crippen molar-refractivity contribution in [1.29, 1.82) is 0 Å². The summed E-state index contributed by atoms with van der Waals surface area (Å²) >= 11 is 1.71. The molecule has 118 valence electrons. The second kappa shape index (κ2) is 8.51.